The second kappa shape index (κ2) is 10.4. The quantitative estimate of drug-likeness (QED) is 0.203. The van der Waals surface area contributed by atoms with Gasteiger partial charge >= 0.3 is 0 Å². The zero-order chi connectivity index (χ0) is 24.4. The normalized spacial score (nSPS) is 14.5. The Morgan fingerprint density at radius 3 is 2.49 bits per heavy atom. The van der Waals surface area contributed by atoms with Crippen molar-refractivity contribution < 1.29 is 4.79 Å². The van der Waals surface area contributed by atoms with Crippen molar-refractivity contribution >= 4 is 28.3 Å². The largest absolute Gasteiger partial charge is 0.303 e. The van der Waals surface area contributed by atoms with Crippen LogP contribution in [0.15, 0.2) is 59.8 Å². The Kier molecular flexibility index (Phi) is 7.05. The number of carbonyl (C=O) groups is 1. The van der Waals surface area contributed by atoms with Gasteiger partial charge in [0.05, 0.1) is 5.75 Å². The predicted octanol–water partition coefficient (Wildman–Crippen LogP) is 7.43. The number of aromatic nitrogens is 3. The summed E-state index contributed by atoms with van der Waals surface area (Å²) in [7, 11) is 0. The molecule has 4 aromatic rings. The van der Waals surface area contributed by atoms with Gasteiger partial charge in [-0.1, -0.05) is 79.6 Å². The lowest BCUT2D eigenvalue weighted by Crippen LogP contribution is -2.17. The third-order valence-electron chi connectivity index (χ3n) is 7.38. The van der Waals surface area contributed by atoms with Gasteiger partial charge in [-0.15, -0.1) is 10.2 Å². The summed E-state index contributed by atoms with van der Waals surface area (Å²) in [5.74, 6) is 1.54. The third kappa shape index (κ3) is 5.06. The maximum absolute atomic E-state index is 13.2. The number of thioether (sulfide) groups is 1. The highest BCUT2D eigenvalue weighted by atomic mass is 32.2. The van der Waals surface area contributed by atoms with Gasteiger partial charge in [0.15, 0.2) is 10.9 Å². The van der Waals surface area contributed by atoms with Crippen molar-refractivity contribution in [3.63, 3.8) is 0 Å². The van der Waals surface area contributed by atoms with Gasteiger partial charge in [-0.05, 0) is 72.7 Å². The number of rotatable bonds is 7. The fraction of sp³-hybridized carbons (Fsp3) is 0.367. The van der Waals surface area contributed by atoms with Crippen LogP contribution in [0.1, 0.15) is 76.6 Å². The van der Waals surface area contributed by atoms with E-state index in [1.807, 2.05) is 13.0 Å². The minimum atomic E-state index is 0.157. The van der Waals surface area contributed by atoms with E-state index >= 15 is 0 Å². The Morgan fingerprint density at radius 2 is 1.66 bits per heavy atom. The molecule has 1 heterocycles. The molecule has 0 amide bonds. The van der Waals surface area contributed by atoms with Crippen molar-refractivity contribution in [2.75, 3.05) is 5.75 Å². The molecule has 1 saturated carbocycles. The van der Waals surface area contributed by atoms with E-state index in [2.05, 4.69) is 77.1 Å². The summed E-state index contributed by atoms with van der Waals surface area (Å²) < 4.78 is 2.35. The maximum atomic E-state index is 13.2. The molecule has 1 aliphatic rings. The van der Waals surface area contributed by atoms with Gasteiger partial charge in [0.1, 0.15) is 5.82 Å². The topological polar surface area (TPSA) is 47.8 Å². The van der Waals surface area contributed by atoms with Crippen LogP contribution in [0.25, 0.3) is 10.8 Å². The molecular weight excluding hydrogens is 450 g/mol. The first kappa shape index (κ1) is 23.8. The summed E-state index contributed by atoms with van der Waals surface area (Å²) in [6, 6.07) is 19.6. The molecule has 0 bridgehead atoms. The lowest BCUT2D eigenvalue weighted by Gasteiger charge is -2.25. The third-order valence-corrected chi connectivity index (χ3v) is 8.32. The second-order valence-corrected chi connectivity index (χ2v) is 10.8. The molecule has 1 fully saturated rings. The molecule has 1 aromatic heterocycles. The summed E-state index contributed by atoms with van der Waals surface area (Å²) in [6.45, 7) is 6.19. The van der Waals surface area contributed by atoms with Crippen LogP contribution in [0, 0.1) is 20.8 Å². The molecule has 5 heteroatoms. The molecule has 0 unspecified atom stereocenters. The van der Waals surface area contributed by atoms with Crippen LogP contribution in [0.4, 0.5) is 0 Å². The Hall–Kier alpha value is -2.92. The lowest BCUT2D eigenvalue weighted by atomic mass is 9.95. The molecule has 0 atom stereocenters. The number of aryl methyl sites for hydroxylation is 3. The standard InChI is InChI=1S/C30H33N3OS/c1-20-16-22(3)27(17-21(20)2)28(34)19-35-30-32-31-29(33(30)25-13-5-4-6-14-25)18-24-12-9-11-23-10-7-8-15-26(23)24/h7-12,15-17,25H,4-6,13-14,18-19H2,1-3H3. The lowest BCUT2D eigenvalue weighted by molar-refractivity contribution is 0.102. The summed E-state index contributed by atoms with van der Waals surface area (Å²) in [5.41, 5.74) is 5.52. The van der Waals surface area contributed by atoms with Crippen LogP contribution in [0.5, 0.6) is 0 Å². The van der Waals surface area contributed by atoms with E-state index in [-0.39, 0.29) is 5.78 Å². The first-order chi connectivity index (χ1) is 17.0. The molecular formula is C30H33N3OS. The number of Topliss-reactive ketones (excluding diaryl/α,β-unsaturated/α-hetero) is 1. The smallest absolute Gasteiger partial charge is 0.191 e. The van der Waals surface area contributed by atoms with Crippen molar-refractivity contribution in [3.8, 4) is 0 Å². The number of hydrogen-bond donors (Lipinski definition) is 0. The molecule has 0 radical (unpaired) electrons. The molecule has 0 saturated heterocycles. The highest BCUT2D eigenvalue weighted by Gasteiger charge is 2.24. The Balaban J connectivity index is 1.43. The first-order valence-corrected chi connectivity index (χ1v) is 13.6. The van der Waals surface area contributed by atoms with E-state index in [4.69, 9.17) is 0 Å². The average Bonchev–Trinajstić information content (AvgIpc) is 3.28. The Bertz CT molecular complexity index is 1360. The minimum absolute atomic E-state index is 0.157. The zero-order valence-electron chi connectivity index (χ0n) is 20.9. The maximum Gasteiger partial charge on any atom is 0.191 e. The summed E-state index contributed by atoms with van der Waals surface area (Å²) in [5, 5.41) is 12.7. The highest BCUT2D eigenvalue weighted by molar-refractivity contribution is 7.99. The van der Waals surface area contributed by atoms with Crippen LogP contribution in [-0.2, 0) is 6.42 Å². The number of benzene rings is 3. The predicted molar refractivity (Wildman–Crippen MR) is 145 cm³/mol. The van der Waals surface area contributed by atoms with Crippen LogP contribution in [-0.4, -0.2) is 26.3 Å². The van der Waals surface area contributed by atoms with Crippen LogP contribution >= 0.6 is 11.8 Å². The van der Waals surface area contributed by atoms with Crippen molar-refractivity contribution in [2.45, 2.75) is 70.5 Å². The van der Waals surface area contributed by atoms with Gasteiger partial charge in [-0.25, -0.2) is 0 Å². The number of fused-ring (bicyclic) bond motifs is 1. The number of nitrogens with zero attached hydrogens (tertiary/aromatic N) is 3. The van der Waals surface area contributed by atoms with E-state index in [0.717, 1.165) is 46.9 Å². The first-order valence-electron chi connectivity index (χ1n) is 12.7. The van der Waals surface area contributed by atoms with E-state index < -0.39 is 0 Å². The van der Waals surface area contributed by atoms with E-state index in [9.17, 15) is 4.79 Å². The van der Waals surface area contributed by atoms with Crippen molar-refractivity contribution in [3.05, 3.63) is 88.2 Å². The van der Waals surface area contributed by atoms with Crippen LogP contribution < -0.4 is 0 Å². The monoisotopic (exact) mass is 483 g/mol. The van der Waals surface area contributed by atoms with Gasteiger partial charge in [-0.3, -0.25) is 4.79 Å². The average molecular weight is 484 g/mol. The molecule has 4 nitrogen and oxygen atoms in total. The summed E-state index contributed by atoms with van der Waals surface area (Å²) >= 11 is 1.54. The van der Waals surface area contributed by atoms with Crippen LogP contribution in [0.2, 0.25) is 0 Å². The molecule has 3 aromatic carbocycles. The van der Waals surface area contributed by atoms with Gasteiger partial charge in [-0.2, -0.15) is 0 Å². The Morgan fingerprint density at radius 1 is 0.914 bits per heavy atom. The van der Waals surface area contributed by atoms with Crippen molar-refractivity contribution in [1.29, 1.82) is 0 Å². The molecule has 35 heavy (non-hydrogen) atoms. The highest BCUT2D eigenvalue weighted by Crippen LogP contribution is 2.34. The van der Waals surface area contributed by atoms with Crippen molar-refractivity contribution in [2.24, 2.45) is 0 Å². The number of hydrogen-bond acceptors (Lipinski definition) is 4. The molecule has 5 rings (SSSR count). The van der Waals surface area contributed by atoms with Crippen LogP contribution in [0.3, 0.4) is 0 Å². The second-order valence-electron chi connectivity index (χ2n) is 9.84. The van der Waals surface area contributed by atoms with E-state index in [1.165, 1.54) is 52.9 Å². The molecule has 0 N–H and O–H groups in total. The molecule has 0 aliphatic heterocycles. The molecule has 1 aliphatic carbocycles. The fourth-order valence-corrected chi connectivity index (χ4v) is 6.23. The number of ketones is 1. The molecule has 0 spiro atoms. The van der Waals surface area contributed by atoms with Gasteiger partial charge in [0.25, 0.3) is 0 Å². The molecule has 180 valence electrons. The van der Waals surface area contributed by atoms with Gasteiger partial charge < -0.3 is 4.57 Å². The van der Waals surface area contributed by atoms with Crippen molar-refractivity contribution in [1.82, 2.24) is 14.8 Å². The summed E-state index contributed by atoms with van der Waals surface area (Å²) in [6.07, 6.45) is 6.82. The Labute approximate surface area is 212 Å². The minimum Gasteiger partial charge on any atom is -0.303 e. The van der Waals surface area contributed by atoms with E-state index in [0.29, 0.717) is 11.8 Å². The SMILES string of the molecule is Cc1cc(C)c(C(=O)CSc2nnc(Cc3cccc4ccccc34)n2C2CCCCC2)cc1C. The summed E-state index contributed by atoms with van der Waals surface area (Å²) in [4.78, 5) is 13.2. The fourth-order valence-electron chi connectivity index (χ4n) is 5.32. The van der Waals surface area contributed by atoms with E-state index in [1.54, 1.807) is 0 Å². The zero-order valence-corrected chi connectivity index (χ0v) is 21.7. The van der Waals surface area contributed by atoms with Gasteiger partial charge in [0.2, 0.25) is 0 Å². The number of carbonyl (C=O) groups excluding carboxylic acids is 1. The van der Waals surface area contributed by atoms with Gasteiger partial charge in [0, 0.05) is 18.0 Å².